The molecule has 4 heteroatoms. The van der Waals surface area contributed by atoms with Gasteiger partial charge in [-0.3, -0.25) is 9.69 Å². The molecule has 0 radical (unpaired) electrons. The van der Waals surface area contributed by atoms with Crippen molar-refractivity contribution in [2.45, 2.75) is 39.2 Å². The average Bonchev–Trinajstić information content (AvgIpc) is 2.47. The van der Waals surface area contributed by atoms with Gasteiger partial charge < -0.3 is 9.84 Å². The highest BCUT2D eigenvalue weighted by Crippen LogP contribution is 2.28. The van der Waals surface area contributed by atoms with Gasteiger partial charge in [0.1, 0.15) is 5.75 Å². The van der Waals surface area contributed by atoms with E-state index in [4.69, 9.17) is 9.84 Å². The average molecular weight is 291 g/mol. The molecule has 1 saturated heterocycles. The third-order valence-electron chi connectivity index (χ3n) is 4.18. The van der Waals surface area contributed by atoms with Crippen molar-refractivity contribution in [1.82, 2.24) is 4.90 Å². The lowest BCUT2D eigenvalue weighted by molar-refractivity contribution is -0.143. The SMILES string of the molecule is COc1ccc(CN2CCCC(C(=O)O)C2)cc1C(C)C. The summed E-state index contributed by atoms with van der Waals surface area (Å²) < 4.78 is 5.41. The molecule has 1 aromatic carbocycles. The first-order valence-electron chi connectivity index (χ1n) is 7.63. The number of aliphatic carboxylic acids is 1. The predicted molar refractivity (Wildman–Crippen MR) is 82.7 cm³/mol. The van der Waals surface area contributed by atoms with Crippen LogP contribution < -0.4 is 4.74 Å². The van der Waals surface area contributed by atoms with Crippen molar-refractivity contribution in [3.8, 4) is 5.75 Å². The molecule has 0 bridgehead atoms. The van der Waals surface area contributed by atoms with Crippen LogP contribution >= 0.6 is 0 Å². The molecule has 1 aliphatic heterocycles. The number of methoxy groups -OCH3 is 1. The summed E-state index contributed by atoms with van der Waals surface area (Å²) in [4.78, 5) is 13.4. The lowest BCUT2D eigenvalue weighted by Gasteiger charge is -2.30. The standard InChI is InChI=1S/C17H25NO3/c1-12(2)15-9-13(6-7-16(15)21-3)10-18-8-4-5-14(11-18)17(19)20/h6-7,9,12,14H,4-5,8,10-11H2,1-3H3,(H,19,20). The molecule has 0 aromatic heterocycles. The lowest BCUT2D eigenvalue weighted by atomic mass is 9.96. The number of piperidine rings is 1. The zero-order valence-corrected chi connectivity index (χ0v) is 13.1. The summed E-state index contributed by atoms with van der Waals surface area (Å²) in [5.41, 5.74) is 2.44. The number of benzene rings is 1. The number of likely N-dealkylation sites (tertiary alicyclic amines) is 1. The second-order valence-electron chi connectivity index (χ2n) is 6.14. The van der Waals surface area contributed by atoms with Gasteiger partial charge in [0.15, 0.2) is 0 Å². The molecule has 0 saturated carbocycles. The smallest absolute Gasteiger partial charge is 0.307 e. The van der Waals surface area contributed by atoms with E-state index in [9.17, 15) is 4.79 Å². The van der Waals surface area contributed by atoms with Crippen LogP contribution in [-0.2, 0) is 11.3 Å². The van der Waals surface area contributed by atoms with E-state index in [1.807, 2.05) is 6.07 Å². The summed E-state index contributed by atoms with van der Waals surface area (Å²) in [6, 6.07) is 6.28. The molecule has 0 spiro atoms. The number of hydrogen-bond donors (Lipinski definition) is 1. The van der Waals surface area contributed by atoms with Gasteiger partial charge in [0.25, 0.3) is 0 Å². The van der Waals surface area contributed by atoms with Gasteiger partial charge in [0, 0.05) is 13.1 Å². The fraction of sp³-hybridized carbons (Fsp3) is 0.588. The van der Waals surface area contributed by atoms with Crippen LogP contribution in [0.2, 0.25) is 0 Å². The summed E-state index contributed by atoms with van der Waals surface area (Å²) in [5, 5.41) is 9.16. The van der Waals surface area contributed by atoms with E-state index in [0.29, 0.717) is 12.5 Å². The first-order chi connectivity index (χ1) is 10.0. The summed E-state index contributed by atoms with van der Waals surface area (Å²) in [6.45, 7) is 6.75. The molecule has 21 heavy (non-hydrogen) atoms. The number of hydrogen-bond acceptors (Lipinski definition) is 3. The Hall–Kier alpha value is -1.55. The minimum Gasteiger partial charge on any atom is -0.496 e. The first-order valence-corrected chi connectivity index (χ1v) is 7.63. The summed E-state index contributed by atoms with van der Waals surface area (Å²) >= 11 is 0. The minimum atomic E-state index is -0.669. The van der Waals surface area contributed by atoms with Gasteiger partial charge in [-0.1, -0.05) is 26.0 Å². The fourth-order valence-corrected chi connectivity index (χ4v) is 2.99. The van der Waals surface area contributed by atoms with Crippen molar-refractivity contribution in [3.05, 3.63) is 29.3 Å². The van der Waals surface area contributed by atoms with Crippen LogP contribution in [0.15, 0.2) is 18.2 Å². The number of carboxylic acids is 1. The van der Waals surface area contributed by atoms with Crippen LogP contribution in [-0.4, -0.2) is 36.2 Å². The largest absolute Gasteiger partial charge is 0.496 e. The quantitative estimate of drug-likeness (QED) is 0.905. The Kier molecular flexibility index (Phi) is 5.23. The van der Waals surface area contributed by atoms with E-state index in [-0.39, 0.29) is 5.92 Å². The molecule has 1 aromatic rings. The van der Waals surface area contributed by atoms with Gasteiger partial charge in [-0.05, 0) is 42.5 Å². The molecule has 2 rings (SSSR count). The Labute approximate surface area is 126 Å². The van der Waals surface area contributed by atoms with Crippen molar-refractivity contribution in [2.24, 2.45) is 5.92 Å². The van der Waals surface area contributed by atoms with Gasteiger partial charge in [-0.25, -0.2) is 0 Å². The van der Waals surface area contributed by atoms with E-state index in [1.54, 1.807) is 7.11 Å². The zero-order valence-electron chi connectivity index (χ0n) is 13.1. The molecule has 1 unspecified atom stereocenters. The highest BCUT2D eigenvalue weighted by molar-refractivity contribution is 5.70. The Morgan fingerprint density at radius 2 is 2.24 bits per heavy atom. The molecule has 0 amide bonds. The topological polar surface area (TPSA) is 49.8 Å². The van der Waals surface area contributed by atoms with Crippen molar-refractivity contribution in [1.29, 1.82) is 0 Å². The zero-order chi connectivity index (χ0) is 15.4. The van der Waals surface area contributed by atoms with Crippen molar-refractivity contribution in [3.63, 3.8) is 0 Å². The van der Waals surface area contributed by atoms with Gasteiger partial charge in [0.2, 0.25) is 0 Å². The monoisotopic (exact) mass is 291 g/mol. The third kappa shape index (κ3) is 3.97. The van der Waals surface area contributed by atoms with Crippen LogP contribution in [0.4, 0.5) is 0 Å². The van der Waals surface area contributed by atoms with E-state index < -0.39 is 5.97 Å². The summed E-state index contributed by atoms with van der Waals surface area (Å²) in [6.07, 6.45) is 1.76. The predicted octanol–water partition coefficient (Wildman–Crippen LogP) is 3.12. The third-order valence-corrected chi connectivity index (χ3v) is 4.18. The first kappa shape index (κ1) is 15.8. The molecule has 0 aliphatic carbocycles. The van der Waals surface area contributed by atoms with Crippen molar-refractivity contribution >= 4 is 5.97 Å². The van der Waals surface area contributed by atoms with Crippen molar-refractivity contribution in [2.75, 3.05) is 20.2 Å². The second kappa shape index (κ2) is 6.94. The molecule has 116 valence electrons. The van der Waals surface area contributed by atoms with E-state index in [2.05, 4.69) is 30.9 Å². The second-order valence-corrected chi connectivity index (χ2v) is 6.14. The number of ether oxygens (including phenoxy) is 1. The lowest BCUT2D eigenvalue weighted by Crippen LogP contribution is -2.38. The van der Waals surface area contributed by atoms with E-state index in [1.165, 1.54) is 11.1 Å². The van der Waals surface area contributed by atoms with Gasteiger partial charge in [-0.15, -0.1) is 0 Å². The summed E-state index contributed by atoms with van der Waals surface area (Å²) in [7, 11) is 1.70. The van der Waals surface area contributed by atoms with Gasteiger partial charge in [-0.2, -0.15) is 0 Å². The van der Waals surface area contributed by atoms with Crippen LogP contribution in [0.3, 0.4) is 0 Å². The molecular formula is C17H25NO3. The Morgan fingerprint density at radius 3 is 2.86 bits per heavy atom. The Bertz CT molecular complexity index is 499. The molecule has 1 N–H and O–H groups in total. The fourth-order valence-electron chi connectivity index (χ4n) is 2.99. The Morgan fingerprint density at radius 1 is 1.48 bits per heavy atom. The molecule has 1 aliphatic rings. The highest BCUT2D eigenvalue weighted by atomic mass is 16.5. The van der Waals surface area contributed by atoms with E-state index >= 15 is 0 Å². The van der Waals surface area contributed by atoms with Crippen molar-refractivity contribution < 1.29 is 14.6 Å². The van der Waals surface area contributed by atoms with Gasteiger partial charge >= 0.3 is 5.97 Å². The van der Waals surface area contributed by atoms with Gasteiger partial charge in [0.05, 0.1) is 13.0 Å². The number of rotatable bonds is 5. The Balaban J connectivity index is 2.09. The van der Waals surface area contributed by atoms with Crippen LogP contribution in [0.1, 0.15) is 43.7 Å². The maximum Gasteiger partial charge on any atom is 0.307 e. The molecular weight excluding hydrogens is 266 g/mol. The molecule has 1 heterocycles. The highest BCUT2D eigenvalue weighted by Gasteiger charge is 2.25. The normalized spacial score (nSPS) is 19.7. The van der Waals surface area contributed by atoms with Crippen LogP contribution in [0.5, 0.6) is 5.75 Å². The molecule has 4 nitrogen and oxygen atoms in total. The number of carbonyl (C=O) groups is 1. The van der Waals surface area contributed by atoms with E-state index in [0.717, 1.165) is 31.7 Å². The van der Waals surface area contributed by atoms with Crippen LogP contribution in [0.25, 0.3) is 0 Å². The molecule has 1 atom stereocenters. The van der Waals surface area contributed by atoms with Crippen LogP contribution in [0, 0.1) is 5.92 Å². The minimum absolute atomic E-state index is 0.221. The number of nitrogens with zero attached hydrogens (tertiary/aromatic N) is 1. The molecule has 1 fully saturated rings. The summed E-state index contributed by atoms with van der Waals surface area (Å²) in [5.74, 6) is 0.447. The maximum atomic E-state index is 11.1. The maximum absolute atomic E-state index is 11.1. The number of carboxylic acid groups (broad SMARTS) is 1.